The number of anilines is 1. The van der Waals surface area contributed by atoms with E-state index in [4.69, 9.17) is 15.6 Å². The highest BCUT2D eigenvalue weighted by Gasteiger charge is 2.25. The normalized spacial score (nSPS) is 20.9. The van der Waals surface area contributed by atoms with E-state index < -0.39 is 0 Å². The molecule has 6 nitrogen and oxygen atoms in total. The number of aliphatic hydroxyl groups is 1. The number of nitrogens with zero attached hydrogens (tertiary/aromatic N) is 3. The zero-order valence-electron chi connectivity index (χ0n) is 10.4. The van der Waals surface area contributed by atoms with Gasteiger partial charge in [0, 0.05) is 32.2 Å². The van der Waals surface area contributed by atoms with E-state index in [-0.39, 0.29) is 12.7 Å². The molecule has 1 aliphatic heterocycles. The van der Waals surface area contributed by atoms with Crippen molar-refractivity contribution in [2.24, 2.45) is 12.8 Å². The first-order valence-corrected chi connectivity index (χ1v) is 5.87. The number of rotatable bonds is 3. The van der Waals surface area contributed by atoms with E-state index in [0.29, 0.717) is 19.7 Å². The zero-order valence-corrected chi connectivity index (χ0v) is 10.4. The summed E-state index contributed by atoms with van der Waals surface area (Å²) < 4.78 is 7.30. The number of ether oxygens (including phenoxy) is 1. The minimum Gasteiger partial charge on any atom is -0.394 e. The number of hydrogen-bond donors (Lipinski definition) is 2. The lowest BCUT2D eigenvalue weighted by Gasteiger charge is -2.34. The van der Waals surface area contributed by atoms with Crippen LogP contribution in [0, 0.1) is 6.92 Å². The lowest BCUT2D eigenvalue weighted by atomic mass is 10.2. The van der Waals surface area contributed by atoms with Gasteiger partial charge in [-0.05, 0) is 6.92 Å². The predicted octanol–water partition coefficient (Wildman–Crippen LogP) is -0.615. The maximum atomic E-state index is 9.16. The Balaban J connectivity index is 2.26. The molecule has 0 aromatic carbocycles. The van der Waals surface area contributed by atoms with Crippen molar-refractivity contribution in [2.75, 3.05) is 31.2 Å². The van der Waals surface area contributed by atoms with Crippen molar-refractivity contribution in [3.05, 3.63) is 11.3 Å². The minimum absolute atomic E-state index is 0.0469. The summed E-state index contributed by atoms with van der Waals surface area (Å²) in [5.74, 6) is 1.05. The molecular weight excluding hydrogens is 220 g/mol. The fourth-order valence-corrected chi connectivity index (χ4v) is 2.35. The Bertz CT molecular complexity index is 391. The molecule has 2 heterocycles. The summed E-state index contributed by atoms with van der Waals surface area (Å²) in [7, 11) is 1.92. The van der Waals surface area contributed by atoms with Crippen molar-refractivity contribution < 1.29 is 9.84 Å². The third kappa shape index (κ3) is 2.29. The van der Waals surface area contributed by atoms with Crippen LogP contribution in [0.25, 0.3) is 0 Å². The summed E-state index contributed by atoms with van der Waals surface area (Å²) in [5.41, 5.74) is 7.82. The van der Waals surface area contributed by atoms with E-state index in [2.05, 4.69) is 10.00 Å². The molecule has 1 aromatic heterocycles. The predicted molar refractivity (Wildman–Crippen MR) is 64.9 cm³/mol. The van der Waals surface area contributed by atoms with Crippen LogP contribution in [0.15, 0.2) is 0 Å². The third-order valence-corrected chi connectivity index (χ3v) is 3.16. The quantitative estimate of drug-likeness (QED) is 0.736. The van der Waals surface area contributed by atoms with E-state index in [0.717, 1.165) is 23.6 Å². The van der Waals surface area contributed by atoms with Gasteiger partial charge in [0.25, 0.3) is 0 Å². The van der Waals surface area contributed by atoms with Crippen LogP contribution in [0.5, 0.6) is 0 Å². The molecule has 0 aliphatic carbocycles. The summed E-state index contributed by atoms with van der Waals surface area (Å²) in [4.78, 5) is 2.19. The highest BCUT2D eigenvalue weighted by atomic mass is 16.5. The third-order valence-electron chi connectivity index (χ3n) is 3.16. The zero-order chi connectivity index (χ0) is 12.4. The minimum atomic E-state index is -0.121. The first-order chi connectivity index (χ1) is 8.17. The smallest absolute Gasteiger partial charge is 0.131 e. The average molecular weight is 240 g/mol. The highest BCUT2D eigenvalue weighted by molar-refractivity contribution is 5.50. The van der Waals surface area contributed by atoms with Crippen LogP contribution in [-0.2, 0) is 18.3 Å². The van der Waals surface area contributed by atoms with Crippen LogP contribution in [0.4, 0.5) is 5.82 Å². The van der Waals surface area contributed by atoms with Gasteiger partial charge in [-0.3, -0.25) is 4.68 Å². The summed E-state index contributed by atoms with van der Waals surface area (Å²) >= 11 is 0. The van der Waals surface area contributed by atoms with Crippen LogP contribution >= 0.6 is 0 Å². The molecule has 1 unspecified atom stereocenters. The second-order valence-corrected chi connectivity index (χ2v) is 4.34. The molecule has 6 heteroatoms. The molecule has 17 heavy (non-hydrogen) atoms. The Morgan fingerprint density at radius 2 is 2.35 bits per heavy atom. The fraction of sp³-hybridized carbons (Fsp3) is 0.727. The summed E-state index contributed by atoms with van der Waals surface area (Å²) in [6, 6.07) is 0. The number of aliphatic hydroxyl groups excluding tert-OH is 1. The molecule has 1 atom stereocenters. The molecule has 0 saturated carbocycles. The summed E-state index contributed by atoms with van der Waals surface area (Å²) in [5, 5.41) is 13.6. The molecule has 1 saturated heterocycles. The molecule has 0 bridgehead atoms. The van der Waals surface area contributed by atoms with Crippen molar-refractivity contribution in [3.8, 4) is 0 Å². The van der Waals surface area contributed by atoms with Gasteiger partial charge in [0.05, 0.1) is 25.0 Å². The number of aryl methyl sites for hydroxylation is 2. The van der Waals surface area contributed by atoms with E-state index in [1.807, 2.05) is 18.7 Å². The van der Waals surface area contributed by atoms with E-state index in [9.17, 15) is 0 Å². The van der Waals surface area contributed by atoms with Crippen molar-refractivity contribution in [1.82, 2.24) is 9.78 Å². The van der Waals surface area contributed by atoms with Gasteiger partial charge in [0.15, 0.2) is 0 Å². The average Bonchev–Trinajstić information content (AvgIpc) is 2.63. The second kappa shape index (κ2) is 5.03. The highest BCUT2D eigenvalue weighted by Crippen LogP contribution is 2.24. The van der Waals surface area contributed by atoms with Gasteiger partial charge in [0.1, 0.15) is 5.82 Å². The van der Waals surface area contributed by atoms with Crippen molar-refractivity contribution in [3.63, 3.8) is 0 Å². The first kappa shape index (κ1) is 12.3. The molecule has 0 spiro atoms. The van der Waals surface area contributed by atoms with E-state index in [1.54, 1.807) is 0 Å². The molecule has 2 rings (SSSR count). The maximum Gasteiger partial charge on any atom is 0.131 e. The Hall–Kier alpha value is -1.11. The molecule has 1 aromatic rings. The number of nitrogens with two attached hydrogens (primary N) is 1. The van der Waals surface area contributed by atoms with Gasteiger partial charge >= 0.3 is 0 Å². The maximum absolute atomic E-state index is 9.16. The second-order valence-electron chi connectivity index (χ2n) is 4.34. The standard InChI is InChI=1S/C11H20N4O2/c1-8-10(5-12)11(14(2)13-8)15-3-4-17-9(6-15)7-16/h9,16H,3-7,12H2,1-2H3. The van der Waals surface area contributed by atoms with Crippen LogP contribution in [0.2, 0.25) is 0 Å². The lowest BCUT2D eigenvalue weighted by molar-refractivity contribution is 0.00315. The molecular formula is C11H20N4O2. The Morgan fingerprint density at radius 1 is 1.59 bits per heavy atom. The van der Waals surface area contributed by atoms with Gasteiger partial charge < -0.3 is 20.5 Å². The molecule has 1 fully saturated rings. The Kier molecular flexibility index (Phi) is 3.66. The SMILES string of the molecule is Cc1nn(C)c(N2CCOC(CO)C2)c1CN. The topological polar surface area (TPSA) is 76.5 Å². The molecule has 0 amide bonds. The number of aromatic nitrogens is 2. The van der Waals surface area contributed by atoms with Crippen molar-refractivity contribution in [2.45, 2.75) is 19.6 Å². The Morgan fingerprint density at radius 3 is 3.00 bits per heavy atom. The van der Waals surface area contributed by atoms with Crippen LogP contribution in [-0.4, -0.2) is 47.3 Å². The first-order valence-electron chi connectivity index (χ1n) is 5.87. The van der Waals surface area contributed by atoms with Crippen LogP contribution in [0.1, 0.15) is 11.3 Å². The van der Waals surface area contributed by atoms with Gasteiger partial charge in [-0.2, -0.15) is 5.10 Å². The number of morpholine rings is 1. The van der Waals surface area contributed by atoms with Crippen molar-refractivity contribution in [1.29, 1.82) is 0 Å². The molecule has 3 N–H and O–H groups in total. The van der Waals surface area contributed by atoms with Crippen molar-refractivity contribution >= 4 is 5.82 Å². The fourth-order valence-electron chi connectivity index (χ4n) is 2.35. The van der Waals surface area contributed by atoms with Gasteiger partial charge in [-0.15, -0.1) is 0 Å². The summed E-state index contributed by atoms with van der Waals surface area (Å²) in [6.45, 7) is 4.61. The van der Waals surface area contributed by atoms with E-state index in [1.165, 1.54) is 0 Å². The molecule has 0 radical (unpaired) electrons. The van der Waals surface area contributed by atoms with Crippen LogP contribution < -0.4 is 10.6 Å². The summed E-state index contributed by atoms with van der Waals surface area (Å²) in [6.07, 6.45) is -0.121. The molecule has 1 aliphatic rings. The van der Waals surface area contributed by atoms with Gasteiger partial charge in [-0.25, -0.2) is 0 Å². The monoisotopic (exact) mass is 240 g/mol. The largest absolute Gasteiger partial charge is 0.394 e. The molecule has 96 valence electrons. The lowest BCUT2D eigenvalue weighted by Crippen LogP contribution is -2.45. The Labute approximate surface area is 101 Å². The van der Waals surface area contributed by atoms with Gasteiger partial charge in [0.2, 0.25) is 0 Å². The van der Waals surface area contributed by atoms with E-state index >= 15 is 0 Å². The van der Waals surface area contributed by atoms with Gasteiger partial charge in [-0.1, -0.05) is 0 Å². The van der Waals surface area contributed by atoms with Crippen LogP contribution in [0.3, 0.4) is 0 Å². The number of hydrogen-bond acceptors (Lipinski definition) is 5.